The predicted octanol–water partition coefficient (Wildman–Crippen LogP) is 2.48. The molecule has 1 fully saturated rings. The van der Waals surface area contributed by atoms with Crippen LogP contribution in [0.3, 0.4) is 0 Å². The summed E-state index contributed by atoms with van der Waals surface area (Å²) in [5, 5.41) is 6.41. The standard InChI is InChI=1S/C14H22N2O3S/c1-10(11-5-7-19-8-6-11)15-14-16-12(9-20-14)3-4-13(17)18-2/h9-11H,3-8H2,1-2H3,(H,15,16). The number of esters is 1. The monoisotopic (exact) mass is 298 g/mol. The highest BCUT2D eigenvalue weighted by Crippen LogP contribution is 2.24. The Morgan fingerprint density at radius 1 is 1.60 bits per heavy atom. The number of nitrogens with one attached hydrogen (secondary N) is 1. The lowest BCUT2D eigenvalue weighted by atomic mass is 9.93. The Labute approximate surface area is 123 Å². The highest BCUT2D eigenvalue weighted by Gasteiger charge is 2.21. The van der Waals surface area contributed by atoms with Gasteiger partial charge in [0.2, 0.25) is 0 Å². The van der Waals surface area contributed by atoms with Crippen molar-refractivity contribution in [1.82, 2.24) is 4.98 Å². The van der Waals surface area contributed by atoms with Gasteiger partial charge in [0.25, 0.3) is 0 Å². The number of carbonyl (C=O) groups excluding carboxylic acids is 1. The van der Waals surface area contributed by atoms with Gasteiger partial charge in [-0.05, 0) is 25.7 Å². The van der Waals surface area contributed by atoms with Crippen LogP contribution in [0.4, 0.5) is 5.13 Å². The van der Waals surface area contributed by atoms with Gasteiger partial charge in [-0.25, -0.2) is 4.98 Å². The van der Waals surface area contributed by atoms with E-state index in [1.807, 2.05) is 5.38 Å². The van der Waals surface area contributed by atoms with Crippen molar-refractivity contribution in [2.24, 2.45) is 5.92 Å². The zero-order chi connectivity index (χ0) is 14.4. The van der Waals surface area contributed by atoms with E-state index in [2.05, 4.69) is 22.0 Å². The molecule has 0 aliphatic carbocycles. The lowest BCUT2D eigenvalue weighted by Crippen LogP contribution is -2.30. The van der Waals surface area contributed by atoms with Crippen LogP contribution in [0.2, 0.25) is 0 Å². The molecule has 1 aliphatic rings. The van der Waals surface area contributed by atoms with Crippen LogP contribution < -0.4 is 5.32 Å². The average molecular weight is 298 g/mol. The van der Waals surface area contributed by atoms with Gasteiger partial charge in [-0.2, -0.15) is 0 Å². The summed E-state index contributed by atoms with van der Waals surface area (Å²) in [6, 6.07) is 0.401. The molecule has 2 rings (SSSR count). The van der Waals surface area contributed by atoms with E-state index in [1.54, 1.807) is 11.3 Å². The van der Waals surface area contributed by atoms with Gasteiger partial charge in [-0.3, -0.25) is 4.79 Å². The molecule has 0 amide bonds. The number of nitrogens with zero attached hydrogens (tertiary/aromatic N) is 1. The highest BCUT2D eigenvalue weighted by molar-refractivity contribution is 7.13. The maximum absolute atomic E-state index is 11.1. The van der Waals surface area contributed by atoms with Crippen LogP contribution in [-0.4, -0.2) is 37.3 Å². The molecule has 1 aromatic rings. The zero-order valence-electron chi connectivity index (χ0n) is 12.1. The van der Waals surface area contributed by atoms with E-state index < -0.39 is 0 Å². The molecule has 2 heterocycles. The molecule has 1 atom stereocenters. The fraction of sp³-hybridized carbons (Fsp3) is 0.714. The third-order valence-electron chi connectivity index (χ3n) is 3.69. The number of hydrogen-bond acceptors (Lipinski definition) is 6. The Balaban J connectivity index is 1.80. The van der Waals surface area contributed by atoms with Crippen LogP contribution in [0, 0.1) is 5.92 Å². The Morgan fingerprint density at radius 2 is 2.35 bits per heavy atom. The molecule has 6 heteroatoms. The minimum absolute atomic E-state index is 0.192. The summed E-state index contributed by atoms with van der Waals surface area (Å²) in [5.74, 6) is 0.453. The first-order valence-electron chi connectivity index (χ1n) is 7.04. The lowest BCUT2D eigenvalue weighted by molar-refractivity contribution is -0.140. The summed E-state index contributed by atoms with van der Waals surface area (Å²) >= 11 is 1.60. The van der Waals surface area contributed by atoms with Crippen molar-refractivity contribution >= 4 is 22.4 Å². The molecule has 0 spiro atoms. The molecule has 1 aromatic heterocycles. The van der Waals surface area contributed by atoms with Crippen molar-refractivity contribution in [3.8, 4) is 0 Å². The van der Waals surface area contributed by atoms with Gasteiger partial charge in [0, 0.05) is 31.1 Å². The number of rotatable bonds is 6. The summed E-state index contributed by atoms with van der Waals surface area (Å²) in [6.07, 6.45) is 3.23. The van der Waals surface area contributed by atoms with Crippen LogP contribution in [0.25, 0.3) is 0 Å². The molecular weight excluding hydrogens is 276 g/mol. The van der Waals surface area contributed by atoms with Gasteiger partial charge in [0.05, 0.1) is 19.2 Å². The molecule has 0 saturated carbocycles. The number of carbonyl (C=O) groups is 1. The first kappa shape index (κ1) is 15.3. The van der Waals surface area contributed by atoms with Crippen molar-refractivity contribution in [1.29, 1.82) is 0 Å². The number of aromatic nitrogens is 1. The van der Waals surface area contributed by atoms with Gasteiger partial charge in [-0.1, -0.05) is 0 Å². The van der Waals surface area contributed by atoms with Crippen LogP contribution in [0.15, 0.2) is 5.38 Å². The van der Waals surface area contributed by atoms with Gasteiger partial charge >= 0.3 is 5.97 Å². The summed E-state index contributed by atoms with van der Waals surface area (Å²) in [6.45, 7) is 3.92. The summed E-state index contributed by atoms with van der Waals surface area (Å²) < 4.78 is 10.0. The Morgan fingerprint density at radius 3 is 3.05 bits per heavy atom. The highest BCUT2D eigenvalue weighted by atomic mass is 32.1. The molecule has 1 N–H and O–H groups in total. The van der Waals surface area contributed by atoms with E-state index in [-0.39, 0.29) is 5.97 Å². The number of thiazole rings is 1. The fourth-order valence-corrected chi connectivity index (χ4v) is 3.19. The molecular formula is C14H22N2O3S. The van der Waals surface area contributed by atoms with E-state index >= 15 is 0 Å². The minimum atomic E-state index is -0.192. The SMILES string of the molecule is COC(=O)CCc1csc(NC(C)C2CCOCC2)n1. The number of ether oxygens (including phenoxy) is 2. The Hall–Kier alpha value is -1.14. The third kappa shape index (κ3) is 4.45. The molecule has 0 aromatic carbocycles. The van der Waals surface area contributed by atoms with E-state index in [0.29, 0.717) is 24.8 Å². The summed E-state index contributed by atoms with van der Waals surface area (Å²) in [5.41, 5.74) is 0.946. The van der Waals surface area contributed by atoms with Crippen LogP contribution >= 0.6 is 11.3 Å². The molecule has 112 valence electrons. The quantitative estimate of drug-likeness (QED) is 0.818. The van der Waals surface area contributed by atoms with E-state index in [4.69, 9.17) is 4.74 Å². The summed E-state index contributed by atoms with van der Waals surface area (Å²) in [4.78, 5) is 15.6. The molecule has 5 nitrogen and oxygen atoms in total. The predicted molar refractivity (Wildman–Crippen MR) is 79.1 cm³/mol. The Bertz CT molecular complexity index is 430. The molecule has 0 bridgehead atoms. The minimum Gasteiger partial charge on any atom is -0.469 e. The van der Waals surface area contributed by atoms with Crippen LogP contribution in [0.1, 0.15) is 31.9 Å². The van der Waals surface area contributed by atoms with Gasteiger partial charge in [-0.15, -0.1) is 11.3 Å². The maximum atomic E-state index is 11.1. The van der Waals surface area contributed by atoms with E-state index in [0.717, 1.165) is 36.9 Å². The number of hydrogen-bond donors (Lipinski definition) is 1. The van der Waals surface area contributed by atoms with E-state index in [9.17, 15) is 4.79 Å². The number of methoxy groups -OCH3 is 1. The fourth-order valence-electron chi connectivity index (χ4n) is 2.35. The normalized spacial score (nSPS) is 17.7. The molecule has 1 unspecified atom stereocenters. The van der Waals surface area contributed by atoms with Crippen molar-refractivity contribution in [2.75, 3.05) is 25.6 Å². The molecule has 1 aliphatic heterocycles. The average Bonchev–Trinajstić information content (AvgIpc) is 2.93. The second-order valence-electron chi connectivity index (χ2n) is 5.10. The number of aryl methyl sites for hydroxylation is 1. The van der Waals surface area contributed by atoms with Gasteiger partial charge in [0.15, 0.2) is 5.13 Å². The summed E-state index contributed by atoms with van der Waals surface area (Å²) in [7, 11) is 1.41. The van der Waals surface area contributed by atoms with Crippen LogP contribution in [-0.2, 0) is 20.7 Å². The second-order valence-corrected chi connectivity index (χ2v) is 5.96. The molecule has 1 saturated heterocycles. The lowest BCUT2D eigenvalue weighted by Gasteiger charge is -2.28. The first-order valence-corrected chi connectivity index (χ1v) is 7.92. The number of anilines is 1. The van der Waals surface area contributed by atoms with Crippen molar-refractivity contribution in [2.45, 2.75) is 38.6 Å². The van der Waals surface area contributed by atoms with E-state index in [1.165, 1.54) is 7.11 Å². The zero-order valence-corrected chi connectivity index (χ0v) is 12.9. The molecule has 0 radical (unpaired) electrons. The Kier molecular flexibility index (Phi) is 5.79. The van der Waals surface area contributed by atoms with Crippen molar-refractivity contribution in [3.05, 3.63) is 11.1 Å². The second kappa shape index (κ2) is 7.59. The first-order chi connectivity index (χ1) is 9.69. The van der Waals surface area contributed by atoms with Gasteiger partial charge in [0.1, 0.15) is 0 Å². The smallest absolute Gasteiger partial charge is 0.305 e. The topological polar surface area (TPSA) is 60.5 Å². The van der Waals surface area contributed by atoms with Crippen molar-refractivity contribution < 1.29 is 14.3 Å². The molecule has 20 heavy (non-hydrogen) atoms. The van der Waals surface area contributed by atoms with Crippen LogP contribution in [0.5, 0.6) is 0 Å². The van der Waals surface area contributed by atoms with Crippen molar-refractivity contribution in [3.63, 3.8) is 0 Å². The van der Waals surface area contributed by atoms with Gasteiger partial charge < -0.3 is 14.8 Å². The maximum Gasteiger partial charge on any atom is 0.305 e. The largest absolute Gasteiger partial charge is 0.469 e. The third-order valence-corrected chi connectivity index (χ3v) is 4.51.